The molecule has 2 amide bonds. The number of amides is 2. The molecule has 1 fully saturated rings. The fourth-order valence-corrected chi connectivity index (χ4v) is 3.25. The van der Waals surface area contributed by atoms with Crippen molar-refractivity contribution in [3.63, 3.8) is 0 Å². The average molecular weight is 416 g/mol. The Morgan fingerprint density at radius 3 is 2.55 bits per heavy atom. The minimum Gasteiger partial charge on any atom is -0.494 e. The minimum absolute atomic E-state index is 0.0553. The first-order chi connectivity index (χ1) is 14.0. The molecule has 0 unspecified atom stereocenters. The zero-order valence-electron chi connectivity index (χ0n) is 16.8. The molecular weight excluding hydrogens is 390 g/mol. The summed E-state index contributed by atoms with van der Waals surface area (Å²) < 4.78 is 5.59. The summed E-state index contributed by atoms with van der Waals surface area (Å²) in [6.45, 7) is 5.68. The van der Waals surface area contributed by atoms with Crippen LogP contribution in [0.15, 0.2) is 42.5 Å². The molecule has 1 saturated heterocycles. The number of hydrogen-bond acceptors (Lipinski definition) is 4. The summed E-state index contributed by atoms with van der Waals surface area (Å²) in [5, 5.41) is 3.19. The molecule has 1 heterocycles. The number of carbonyl (C=O) groups is 2. The SMILES string of the molecule is CCCOc1cccc(C(=O)Nc2cc(C(=O)N3CCN(C)CC3)ccc2Cl)c1. The normalized spacial score (nSPS) is 14.5. The molecule has 1 N–H and O–H groups in total. The second-order valence-corrected chi connectivity index (χ2v) is 7.53. The second-order valence-electron chi connectivity index (χ2n) is 7.12. The van der Waals surface area contributed by atoms with Crippen LogP contribution in [-0.2, 0) is 0 Å². The van der Waals surface area contributed by atoms with E-state index >= 15 is 0 Å². The highest BCUT2D eigenvalue weighted by Gasteiger charge is 2.21. The number of rotatable bonds is 6. The zero-order chi connectivity index (χ0) is 20.8. The molecule has 2 aromatic rings. The maximum Gasteiger partial charge on any atom is 0.255 e. The Bertz CT molecular complexity index is 879. The minimum atomic E-state index is -0.307. The third-order valence-electron chi connectivity index (χ3n) is 4.82. The quantitative estimate of drug-likeness (QED) is 0.780. The lowest BCUT2D eigenvalue weighted by Crippen LogP contribution is -2.47. The van der Waals surface area contributed by atoms with Gasteiger partial charge in [-0.1, -0.05) is 24.6 Å². The summed E-state index contributed by atoms with van der Waals surface area (Å²) in [6, 6.07) is 12.0. The molecule has 0 saturated carbocycles. The number of nitrogens with zero attached hydrogens (tertiary/aromatic N) is 2. The first-order valence-corrected chi connectivity index (χ1v) is 10.2. The average Bonchev–Trinajstić information content (AvgIpc) is 2.74. The van der Waals surface area contributed by atoms with Crippen molar-refractivity contribution in [2.75, 3.05) is 45.2 Å². The van der Waals surface area contributed by atoms with Crippen molar-refractivity contribution in [3.05, 3.63) is 58.6 Å². The number of carbonyl (C=O) groups excluding carboxylic acids is 2. The first-order valence-electron chi connectivity index (χ1n) is 9.79. The lowest BCUT2D eigenvalue weighted by molar-refractivity contribution is 0.0664. The highest BCUT2D eigenvalue weighted by Crippen LogP contribution is 2.25. The van der Waals surface area contributed by atoms with Crippen molar-refractivity contribution in [1.82, 2.24) is 9.80 Å². The van der Waals surface area contributed by atoms with Gasteiger partial charge in [-0.25, -0.2) is 0 Å². The van der Waals surface area contributed by atoms with E-state index in [1.54, 1.807) is 36.4 Å². The summed E-state index contributed by atoms with van der Waals surface area (Å²) in [4.78, 5) is 29.5. The van der Waals surface area contributed by atoms with Crippen LogP contribution in [0.1, 0.15) is 34.1 Å². The van der Waals surface area contributed by atoms with E-state index in [1.807, 2.05) is 24.9 Å². The number of nitrogens with one attached hydrogen (secondary N) is 1. The van der Waals surface area contributed by atoms with Crippen molar-refractivity contribution in [2.45, 2.75) is 13.3 Å². The summed E-state index contributed by atoms with van der Waals surface area (Å²) in [6.07, 6.45) is 0.889. The van der Waals surface area contributed by atoms with E-state index in [9.17, 15) is 9.59 Å². The highest BCUT2D eigenvalue weighted by atomic mass is 35.5. The van der Waals surface area contributed by atoms with Gasteiger partial charge < -0.3 is 19.9 Å². The second kappa shape index (κ2) is 9.76. The standard InChI is InChI=1S/C22H26ClN3O3/c1-3-13-29-18-6-4-5-16(14-18)21(27)24-20-15-17(7-8-19(20)23)22(28)26-11-9-25(2)10-12-26/h4-8,14-15H,3,9-13H2,1-2H3,(H,24,27). The maximum absolute atomic E-state index is 12.8. The Morgan fingerprint density at radius 2 is 1.83 bits per heavy atom. The third-order valence-corrected chi connectivity index (χ3v) is 5.15. The van der Waals surface area contributed by atoms with E-state index in [4.69, 9.17) is 16.3 Å². The van der Waals surface area contributed by atoms with Crippen molar-refractivity contribution in [1.29, 1.82) is 0 Å². The predicted octanol–water partition coefficient (Wildman–Crippen LogP) is 3.77. The molecule has 0 atom stereocenters. The van der Waals surface area contributed by atoms with Crippen LogP contribution in [0.25, 0.3) is 0 Å². The van der Waals surface area contributed by atoms with Gasteiger partial charge >= 0.3 is 0 Å². The summed E-state index contributed by atoms with van der Waals surface area (Å²) in [5.74, 6) is 0.280. The molecule has 1 aliphatic rings. The molecule has 0 aliphatic carbocycles. The number of halogens is 1. The predicted molar refractivity (Wildman–Crippen MR) is 115 cm³/mol. The molecule has 3 rings (SSSR count). The summed E-state index contributed by atoms with van der Waals surface area (Å²) >= 11 is 6.27. The lowest BCUT2D eigenvalue weighted by atomic mass is 10.1. The van der Waals surface area contributed by atoms with Crippen LogP contribution in [-0.4, -0.2) is 61.4 Å². The number of anilines is 1. The van der Waals surface area contributed by atoms with Crippen LogP contribution in [0, 0.1) is 0 Å². The summed E-state index contributed by atoms with van der Waals surface area (Å²) in [7, 11) is 2.04. The van der Waals surface area contributed by atoms with Crippen LogP contribution in [0.4, 0.5) is 5.69 Å². The Balaban J connectivity index is 1.73. The number of ether oxygens (including phenoxy) is 1. The summed E-state index contributed by atoms with van der Waals surface area (Å²) in [5.41, 5.74) is 1.39. The number of likely N-dealkylation sites (N-methyl/N-ethyl adjacent to an activating group) is 1. The Hall–Kier alpha value is -2.57. The van der Waals surface area contributed by atoms with Crippen molar-refractivity contribution < 1.29 is 14.3 Å². The van der Waals surface area contributed by atoms with Gasteiger partial charge in [0.2, 0.25) is 0 Å². The van der Waals surface area contributed by atoms with Crippen LogP contribution >= 0.6 is 11.6 Å². The van der Waals surface area contributed by atoms with Crippen LogP contribution in [0.3, 0.4) is 0 Å². The topological polar surface area (TPSA) is 61.9 Å². The molecule has 0 aromatic heterocycles. The van der Waals surface area contributed by atoms with Gasteiger partial charge in [-0.05, 0) is 49.9 Å². The van der Waals surface area contributed by atoms with Crippen molar-refractivity contribution in [2.24, 2.45) is 0 Å². The van der Waals surface area contributed by atoms with E-state index in [1.165, 1.54) is 0 Å². The monoisotopic (exact) mass is 415 g/mol. The molecule has 1 aliphatic heterocycles. The lowest BCUT2D eigenvalue weighted by Gasteiger charge is -2.32. The highest BCUT2D eigenvalue weighted by molar-refractivity contribution is 6.34. The van der Waals surface area contributed by atoms with Gasteiger partial charge in [0.25, 0.3) is 11.8 Å². The van der Waals surface area contributed by atoms with Gasteiger partial charge in [0, 0.05) is 37.3 Å². The van der Waals surface area contributed by atoms with Gasteiger partial charge in [-0.2, -0.15) is 0 Å². The number of piperazine rings is 1. The first kappa shape index (κ1) is 21.1. The fraction of sp³-hybridized carbons (Fsp3) is 0.364. The molecule has 0 spiro atoms. The van der Waals surface area contributed by atoms with E-state index in [2.05, 4.69) is 10.2 Å². The van der Waals surface area contributed by atoms with Gasteiger partial charge in [0.1, 0.15) is 5.75 Å². The van der Waals surface area contributed by atoms with E-state index < -0.39 is 0 Å². The molecule has 29 heavy (non-hydrogen) atoms. The van der Waals surface area contributed by atoms with E-state index in [-0.39, 0.29) is 11.8 Å². The van der Waals surface area contributed by atoms with Crippen LogP contribution in [0.2, 0.25) is 5.02 Å². The molecule has 2 aromatic carbocycles. The van der Waals surface area contributed by atoms with Crippen LogP contribution < -0.4 is 10.1 Å². The molecule has 0 radical (unpaired) electrons. The van der Waals surface area contributed by atoms with Crippen molar-refractivity contribution >= 4 is 29.1 Å². The van der Waals surface area contributed by atoms with E-state index in [0.717, 1.165) is 19.5 Å². The molecule has 0 bridgehead atoms. The Morgan fingerprint density at radius 1 is 1.07 bits per heavy atom. The molecule has 154 valence electrons. The van der Waals surface area contributed by atoms with Gasteiger partial charge in [0.15, 0.2) is 0 Å². The Kier molecular flexibility index (Phi) is 7.12. The van der Waals surface area contributed by atoms with Crippen molar-refractivity contribution in [3.8, 4) is 5.75 Å². The molecule has 7 heteroatoms. The smallest absolute Gasteiger partial charge is 0.255 e. The largest absolute Gasteiger partial charge is 0.494 e. The Labute approximate surface area is 176 Å². The number of hydrogen-bond donors (Lipinski definition) is 1. The number of benzene rings is 2. The third kappa shape index (κ3) is 5.49. The zero-order valence-corrected chi connectivity index (χ0v) is 17.5. The molecule has 6 nitrogen and oxygen atoms in total. The fourth-order valence-electron chi connectivity index (χ4n) is 3.09. The van der Waals surface area contributed by atoms with Gasteiger partial charge in [-0.3, -0.25) is 9.59 Å². The maximum atomic E-state index is 12.8. The van der Waals surface area contributed by atoms with Gasteiger partial charge in [-0.15, -0.1) is 0 Å². The van der Waals surface area contributed by atoms with Gasteiger partial charge in [0.05, 0.1) is 17.3 Å². The molecular formula is C22H26ClN3O3. The van der Waals surface area contributed by atoms with Crippen LogP contribution in [0.5, 0.6) is 5.75 Å². The van der Waals surface area contributed by atoms with E-state index in [0.29, 0.717) is 47.3 Å².